The van der Waals surface area contributed by atoms with Crippen molar-refractivity contribution < 1.29 is 23.1 Å². The number of methoxy groups -OCH3 is 1. The van der Waals surface area contributed by atoms with Crippen LogP contribution in [0, 0.1) is 18.6 Å². The molecule has 0 fully saturated rings. The van der Waals surface area contributed by atoms with Crippen LogP contribution in [0.25, 0.3) is 0 Å². The standard InChI is InChI=1S/C19H20F2N2O3/c1-12-7-8-17(26-3)16(11-12)23(13(2)24)10-9-18(25)22-19-14(20)5-4-6-15(19)21/h4-8,11H,9-10H2,1-3H3,(H,22,25). The second kappa shape index (κ2) is 8.42. The summed E-state index contributed by atoms with van der Waals surface area (Å²) in [6.45, 7) is 3.28. The smallest absolute Gasteiger partial charge is 0.226 e. The largest absolute Gasteiger partial charge is 0.495 e. The van der Waals surface area contributed by atoms with E-state index in [9.17, 15) is 18.4 Å². The van der Waals surface area contributed by atoms with E-state index in [0.29, 0.717) is 11.4 Å². The lowest BCUT2D eigenvalue weighted by atomic mass is 10.1. The number of aryl methyl sites for hydroxylation is 1. The maximum atomic E-state index is 13.6. The molecule has 0 saturated heterocycles. The first-order valence-electron chi connectivity index (χ1n) is 8.00. The van der Waals surface area contributed by atoms with E-state index in [2.05, 4.69) is 5.32 Å². The van der Waals surface area contributed by atoms with Crippen LogP contribution in [0.2, 0.25) is 0 Å². The van der Waals surface area contributed by atoms with Crippen LogP contribution >= 0.6 is 0 Å². The van der Waals surface area contributed by atoms with E-state index in [1.54, 1.807) is 12.1 Å². The summed E-state index contributed by atoms with van der Waals surface area (Å²) in [6.07, 6.45) is -0.134. The van der Waals surface area contributed by atoms with Gasteiger partial charge in [-0.1, -0.05) is 12.1 Å². The molecule has 0 radical (unpaired) electrons. The van der Waals surface area contributed by atoms with Crippen molar-refractivity contribution in [3.05, 3.63) is 53.6 Å². The van der Waals surface area contributed by atoms with Crippen LogP contribution in [-0.4, -0.2) is 25.5 Å². The highest BCUT2D eigenvalue weighted by atomic mass is 19.1. The number of amides is 2. The lowest BCUT2D eigenvalue weighted by molar-refractivity contribution is -0.117. The summed E-state index contributed by atoms with van der Waals surface area (Å²) in [5, 5.41) is 2.21. The van der Waals surface area contributed by atoms with Crippen molar-refractivity contribution in [1.29, 1.82) is 0 Å². The fourth-order valence-corrected chi connectivity index (χ4v) is 2.49. The monoisotopic (exact) mass is 362 g/mol. The maximum absolute atomic E-state index is 13.6. The van der Waals surface area contributed by atoms with Gasteiger partial charge < -0.3 is 15.0 Å². The van der Waals surface area contributed by atoms with Crippen LogP contribution in [0.5, 0.6) is 5.75 Å². The second-order valence-corrected chi connectivity index (χ2v) is 5.74. The Balaban J connectivity index is 2.13. The molecule has 0 aliphatic carbocycles. The van der Waals surface area contributed by atoms with Gasteiger partial charge in [-0.15, -0.1) is 0 Å². The van der Waals surface area contributed by atoms with Gasteiger partial charge in [0.1, 0.15) is 23.1 Å². The van der Waals surface area contributed by atoms with Gasteiger partial charge in [-0.05, 0) is 36.8 Å². The number of nitrogens with one attached hydrogen (secondary N) is 1. The third-order valence-corrected chi connectivity index (χ3v) is 3.79. The van der Waals surface area contributed by atoms with E-state index in [0.717, 1.165) is 17.7 Å². The molecule has 0 aliphatic rings. The highest BCUT2D eigenvalue weighted by Crippen LogP contribution is 2.29. The normalized spacial score (nSPS) is 10.3. The summed E-state index contributed by atoms with van der Waals surface area (Å²) < 4.78 is 32.5. The number of carbonyl (C=O) groups excluding carboxylic acids is 2. The minimum Gasteiger partial charge on any atom is -0.495 e. The van der Waals surface area contributed by atoms with Crippen LogP contribution in [-0.2, 0) is 9.59 Å². The Hall–Kier alpha value is -2.96. The number of nitrogens with zero attached hydrogens (tertiary/aromatic N) is 1. The average molecular weight is 362 g/mol. The quantitative estimate of drug-likeness (QED) is 0.853. The molecule has 0 spiro atoms. The third-order valence-electron chi connectivity index (χ3n) is 3.79. The first kappa shape index (κ1) is 19.4. The topological polar surface area (TPSA) is 58.6 Å². The van der Waals surface area contributed by atoms with Crippen LogP contribution in [0.1, 0.15) is 18.9 Å². The van der Waals surface area contributed by atoms with E-state index < -0.39 is 23.2 Å². The van der Waals surface area contributed by atoms with Gasteiger partial charge in [0.05, 0.1) is 12.8 Å². The van der Waals surface area contributed by atoms with Crippen LogP contribution in [0.3, 0.4) is 0 Å². The lowest BCUT2D eigenvalue weighted by Crippen LogP contribution is -2.32. The number of hydrogen-bond acceptors (Lipinski definition) is 3. The molecule has 1 N–H and O–H groups in total. The van der Waals surface area contributed by atoms with Crippen LogP contribution < -0.4 is 15.0 Å². The molecule has 2 aromatic rings. The van der Waals surface area contributed by atoms with Gasteiger partial charge in [-0.2, -0.15) is 0 Å². The van der Waals surface area contributed by atoms with Crippen molar-refractivity contribution in [2.75, 3.05) is 23.9 Å². The fourth-order valence-electron chi connectivity index (χ4n) is 2.49. The highest BCUT2D eigenvalue weighted by Gasteiger charge is 2.19. The molecule has 0 bridgehead atoms. The van der Waals surface area contributed by atoms with E-state index in [1.165, 1.54) is 25.0 Å². The molecule has 0 unspecified atom stereocenters. The Bertz CT molecular complexity index is 804. The van der Waals surface area contributed by atoms with Gasteiger partial charge >= 0.3 is 0 Å². The van der Waals surface area contributed by atoms with Gasteiger partial charge in [-0.25, -0.2) is 8.78 Å². The fraction of sp³-hybridized carbons (Fsp3) is 0.263. The van der Waals surface area contributed by atoms with Crippen molar-refractivity contribution in [1.82, 2.24) is 0 Å². The predicted molar refractivity (Wildman–Crippen MR) is 95.4 cm³/mol. The Morgan fingerprint density at radius 1 is 1.15 bits per heavy atom. The Morgan fingerprint density at radius 2 is 1.81 bits per heavy atom. The van der Waals surface area contributed by atoms with E-state index >= 15 is 0 Å². The summed E-state index contributed by atoms with van der Waals surface area (Å²) in [5.41, 5.74) is 0.954. The Kier molecular flexibility index (Phi) is 6.27. The van der Waals surface area contributed by atoms with Crippen LogP contribution in [0.4, 0.5) is 20.2 Å². The Labute approximate surface area is 150 Å². The molecule has 0 heterocycles. The summed E-state index contributed by atoms with van der Waals surface area (Å²) in [6, 6.07) is 8.66. The minimum atomic E-state index is -0.859. The molecule has 2 aromatic carbocycles. The molecule has 5 nitrogen and oxygen atoms in total. The molecular formula is C19H20F2N2O3. The van der Waals surface area contributed by atoms with Crippen molar-refractivity contribution in [3.8, 4) is 5.75 Å². The van der Waals surface area contributed by atoms with Gasteiger partial charge in [0.2, 0.25) is 11.8 Å². The van der Waals surface area contributed by atoms with Gasteiger partial charge in [0, 0.05) is 19.9 Å². The number of benzene rings is 2. The molecule has 7 heteroatoms. The summed E-state index contributed by atoms with van der Waals surface area (Å²) in [5.74, 6) is -2.11. The van der Waals surface area contributed by atoms with Gasteiger partial charge in [0.25, 0.3) is 0 Å². The molecular weight excluding hydrogens is 342 g/mol. The average Bonchev–Trinajstić information content (AvgIpc) is 2.58. The molecule has 2 amide bonds. The molecule has 0 atom stereocenters. The third kappa shape index (κ3) is 4.56. The predicted octanol–water partition coefficient (Wildman–Crippen LogP) is 3.66. The van der Waals surface area contributed by atoms with Crippen LogP contribution in [0.15, 0.2) is 36.4 Å². The maximum Gasteiger partial charge on any atom is 0.226 e. The number of halogens is 2. The number of hydrogen-bond donors (Lipinski definition) is 1. The first-order chi connectivity index (χ1) is 12.3. The second-order valence-electron chi connectivity index (χ2n) is 5.74. The van der Waals surface area contributed by atoms with Crippen molar-refractivity contribution >= 4 is 23.2 Å². The molecule has 0 aliphatic heterocycles. The Morgan fingerprint density at radius 3 is 2.38 bits per heavy atom. The number of rotatable bonds is 6. The highest BCUT2D eigenvalue weighted by molar-refractivity contribution is 5.96. The van der Waals surface area contributed by atoms with Gasteiger partial charge in [-0.3, -0.25) is 9.59 Å². The number of ether oxygens (including phenoxy) is 1. The zero-order valence-corrected chi connectivity index (χ0v) is 14.8. The van der Waals surface area contributed by atoms with Crippen molar-refractivity contribution in [2.45, 2.75) is 20.3 Å². The van der Waals surface area contributed by atoms with Gasteiger partial charge in [0.15, 0.2) is 0 Å². The van der Waals surface area contributed by atoms with Crippen molar-refractivity contribution in [3.63, 3.8) is 0 Å². The number of para-hydroxylation sites is 1. The zero-order chi connectivity index (χ0) is 19.3. The molecule has 0 saturated carbocycles. The number of anilines is 2. The van der Waals surface area contributed by atoms with Crippen molar-refractivity contribution in [2.24, 2.45) is 0 Å². The van der Waals surface area contributed by atoms with E-state index in [1.807, 2.05) is 13.0 Å². The molecule has 2 rings (SSSR count). The lowest BCUT2D eigenvalue weighted by Gasteiger charge is -2.23. The molecule has 138 valence electrons. The van der Waals surface area contributed by atoms with E-state index in [-0.39, 0.29) is 18.9 Å². The number of carbonyl (C=O) groups is 2. The summed E-state index contributed by atoms with van der Waals surface area (Å²) in [4.78, 5) is 25.5. The first-order valence-corrected chi connectivity index (χ1v) is 8.00. The molecule has 0 aromatic heterocycles. The zero-order valence-electron chi connectivity index (χ0n) is 14.8. The molecule has 26 heavy (non-hydrogen) atoms. The van der Waals surface area contributed by atoms with E-state index in [4.69, 9.17) is 4.74 Å². The summed E-state index contributed by atoms with van der Waals surface area (Å²) in [7, 11) is 1.49. The SMILES string of the molecule is COc1ccc(C)cc1N(CCC(=O)Nc1c(F)cccc1F)C(C)=O. The minimum absolute atomic E-state index is 0.0387. The summed E-state index contributed by atoms with van der Waals surface area (Å²) >= 11 is 0.